The molecular formula is C63H77N11O8. The van der Waals surface area contributed by atoms with Crippen molar-refractivity contribution < 1.29 is 33.3 Å². The average molecular weight is 1120 g/mol. The van der Waals surface area contributed by atoms with E-state index in [9.17, 15) is 19.2 Å². The summed E-state index contributed by atoms with van der Waals surface area (Å²) < 4.78 is 31.0. The Bertz CT molecular complexity index is 3520. The molecule has 0 atom stereocenters. The highest BCUT2D eigenvalue weighted by Crippen LogP contribution is 2.31. The molecule has 0 saturated heterocycles. The van der Waals surface area contributed by atoms with Crippen LogP contribution in [0.5, 0.6) is 23.0 Å². The Balaban J connectivity index is 0.000000173. The minimum Gasteiger partial charge on any atom is -0.487 e. The van der Waals surface area contributed by atoms with Crippen LogP contribution < -0.4 is 24.5 Å². The third-order valence-corrected chi connectivity index (χ3v) is 13.3. The number of carbonyl (C=O) groups is 3. The Morgan fingerprint density at radius 1 is 0.463 bits per heavy atom. The minimum absolute atomic E-state index is 0. The third kappa shape index (κ3) is 16.0. The maximum atomic E-state index is 12.5. The van der Waals surface area contributed by atoms with Gasteiger partial charge in [0.05, 0.1) is 13.1 Å². The molecule has 0 spiro atoms. The summed E-state index contributed by atoms with van der Waals surface area (Å²) in [4.78, 5) is 51.6. The second-order valence-electron chi connectivity index (χ2n) is 19.3. The molecule has 82 heavy (non-hydrogen) atoms. The summed E-state index contributed by atoms with van der Waals surface area (Å²) in [7, 11) is 3.52. The van der Waals surface area contributed by atoms with E-state index in [4.69, 9.17) is 18.9 Å². The van der Waals surface area contributed by atoms with E-state index in [1.807, 2.05) is 143 Å². The van der Waals surface area contributed by atoms with Gasteiger partial charge in [-0.25, -0.2) is 4.52 Å². The summed E-state index contributed by atoms with van der Waals surface area (Å²) in [6.07, 6.45) is 7.47. The number of benzene rings is 4. The Hall–Kier alpha value is -9.26. The summed E-state index contributed by atoms with van der Waals surface area (Å²) in [6.45, 7) is 6.22. The number of aryl methyl sites for hydroxylation is 2. The van der Waals surface area contributed by atoms with Crippen molar-refractivity contribution in [3.8, 4) is 23.0 Å². The molecule has 4 aliphatic rings. The van der Waals surface area contributed by atoms with Gasteiger partial charge >= 0.3 is 0 Å². The van der Waals surface area contributed by atoms with Crippen molar-refractivity contribution in [1.82, 2.24) is 53.3 Å². The molecule has 0 unspecified atom stereocenters. The first kappa shape index (κ1) is 61.9. The first-order chi connectivity index (χ1) is 38.1. The zero-order valence-corrected chi connectivity index (χ0v) is 43.7. The number of carbonyl (C=O) groups excluding carboxylic acids is 3. The zero-order valence-electron chi connectivity index (χ0n) is 43.7. The molecule has 13 rings (SSSR count). The van der Waals surface area contributed by atoms with Crippen LogP contribution in [-0.4, -0.2) is 97.6 Å². The molecule has 19 nitrogen and oxygen atoms in total. The number of para-hydroxylation sites is 4. The fourth-order valence-corrected chi connectivity index (χ4v) is 8.92. The molecule has 0 bridgehead atoms. The largest absolute Gasteiger partial charge is 0.487 e. The number of likely N-dealkylation sites (N-methyl/N-ethyl adjacent to an activating group) is 1. The van der Waals surface area contributed by atoms with Gasteiger partial charge in [-0.2, -0.15) is 20.4 Å². The molecule has 1 aliphatic carbocycles. The number of rotatable bonds is 14. The predicted molar refractivity (Wildman–Crippen MR) is 316 cm³/mol. The average Bonchev–Trinajstić information content (AvgIpc) is 3.93. The Morgan fingerprint density at radius 2 is 0.878 bits per heavy atom. The SMILES string of the molecule is C.C.C.C.CN1CCn2nc(COc3ccccc3)cc2C1=O.Cn1ccn2nc(COc3ccccc3)cc2c1=O.O=C1CCCn2nc(COc3ccccc3)cc21.O=C1c2cc(COc3ccccc3)nn2CCN1CC1CC1. The van der Waals surface area contributed by atoms with Crippen molar-refractivity contribution in [2.24, 2.45) is 13.0 Å². The third-order valence-electron chi connectivity index (χ3n) is 13.3. The fourth-order valence-electron chi connectivity index (χ4n) is 8.92. The molecule has 2 amide bonds. The van der Waals surface area contributed by atoms with Crippen LogP contribution in [0.1, 0.15) is 110 Å². The van der Waals surface area contributed by atoms with Crippen molar-refractivity contribution in [3.63, 3.8) is 0 Å². The summed E-state index contributed by atoms with van der Waals surface area (Å²) in [5.41, 5.74) is 5.66. The van der Waals surface area contributed by atoms with Crippen LogP contribution in [0.25, 0.3) is 5.52 Å². The molecule has 19 heteroatoms. The van der Waals surface area contributed by atoms with Gasteiger partial charge in [0.15, 0.2) is 5.78 Å². The van der Waals surface area contributed by atoms with Crippen molar-refractivity contribution in [2.45, 2.75) is 101 Å². The molecule has 0 radical (unpaired) electrons. The summed E-state index contributed by atoms with van der Waals surface area (Å²) in [5, 5.41) is 17.6. The second kappa shape index (κ2) is 29.3. The Morgan fingerprint density at radius 3 is 1.33 bits per heavy atom. The Labute approximate surface area is 480 Å². The number of nitrogens with zero attached hydrogens (tertiary/aromatic N) is 11. The van der Waals surface area contributed by atoms with Gasteiger partial charge in [0.1, 0.15) is 94.8 Å². The first-order valence-corrected chi connectivity index (χ1v) is 26.1. The molecule has 3 aliphatic heterocycles. The van der Waals surface area contributed by atoms with Crippen LogP contribution in [0.15, 0.2) is 163 Å². The van der Waals surface area contributed by atoms with Crippen LogP contribution in [0, 0.1) is 5.92 Å². The number of Topliss-reactive ketones (excluding diaryl/α,β-unsaturated/α-hetero) is 1. The molecule has 1 fully saturated rings. The van der Waals surface area contributed by atoms with Crippen molar-refractivity contribution in [2.75, 3.05) is 26.7 Å². The van der Waals surface area contributed by atoms with E-state index in [1.54, 1.807) is 57.4 Å². The lowest BCUT2D eigenvalue weighted by atomic mass is 10.1. The van der Waals surface area contributed by atoms with Gasteiger partial charge in [-0.05, 0) is 98.0 Å². The number of amides is 2. The maximum absolute atomic E-state index is 12.5. The van der Waals surface area contributed by atoms with Gasteiger partial charge < -0.3 is 33.3 Å². The van der Waals surface area contributed by atoms with E-state index in [0.717, 1.165) is 90.8 Å². The summed E-state index contributed by atoms with van der Waals surface area (Å²) in [5.74, 6) is 4.25. The fraction of sp³-hybridized carbons (Fsp3) is 0.333. The molecular weight excluding hydrogens is 1040 g/mol. The van der Waals surface area contributed by atoms with E-state index in [0.29, 0.717) is 62.0 Å². The lowest BCUT2D eigenvalue weighted by Crippen LogP contribution is -2.41. The molecule has 5 aromatic heterocycles. The lowest BCUT2D eigenvalue weighted by molar-refractivity contribution is 0.0687. The quantitative estimate of drug-likeness (QED) is 0.100. The standard InChI is InChI=1S/C17H19N3O2.C14H15N3O2.C14H13N3O2.C14H14N2O2.4CH4/c21-17-16-10-14(12-22-15-4-2-1-3-5-15)18-20(16)9-8-19(17)11-13-6-7-13;2*1-16-7-8-17-13(14(16)18)9-11(15-17)10-19-12-5-3-2-4-6-12;17-14-7-4-8-16-13(14)9-11(15-16)10-18-12-5-2-1-3-6-12;;;;/h1-5,10,13H,6-9,11-12H2;2-6,9H,7-8,10H2,1H3;2-9H,10H2,1H3;1-3,5-6,9H,4,7-8,10H2;4*1H4. The van der Waals surface area contributed by atoms with Crippen molar-refractivity contribution in [1.29, 1.82) is 0 Å². The monoisotopic (exact) mass is 1120 g/mol. The summed E-state index contributed by atoms with van der Waals surface area (Å²) >= 11 is 0. The topological polar surface area (TPSA) is 187 Å². The van der Waals surface area contributed by atoms with E-state index in [-0.39, 0.29) is 52.9 Å². The molecule has 0 N–H and O–H groups in total. The summed E-state index contributed by atoms with van der Waals surface area (Å²) in [6, 6.07) is 45.6. The van der Waals surface area contributed by atoms with Crippen LogP contribution in [-0.2, 0) is 53.1 Å². The van der Waals surface area contributed by atoms with Crippen LogP contribution in [0.3, 0.4) is 0 Å². The minimum atomic E-state index is -0.0686. The van der Waals surface area contributed by atoms with Gasteiger partial charge in [-0.3, -0.25) is 33.2 Å². The molecule has 1 saturated carbocycles. The maximum Gasteiger partial charge on any atom is 0.276 e. The number of fused-ring (bicyclic) bond motifs is 4. The smallest absolute Gasteiger partial charge is 0.276 e. The van der Waals surface area contributed by atoms with Crippen molar-refractivity contribution in [3.05, 3.63) is 208 Å². The van der Waals surface area contributed by atoms with Gasteiger partial charge in [0, 0.05) is 59.1 Å². The Kier molecular flexibility index (Phi) is 22.1. The van der Waals surface area contributed by atoms with E-state index in [1.165, 1.54) is 17.4 Å². The van der Waals surface area contributed by atoms with Gasteiger partial charge in [-0.15, -0.1) is 0 Å². The highest BCUT2D eigenvalue weighted by atomic mass is 16.5. The van der Waals surface area contributed by atoms with E-state index in [2.05, 4.69) is 20.4 Å². The predicted octanol–water partition coefficient (Wildman–Crippen LogP) is 10.5. The van der Waals surface area contributed by atoms with E-state index >= 15 is 0 Å². The second-order valence-corrected chi connectivity index (χ2v) is 19.3. The molecule has 8 heterocycles. The number of ketones is 1. The molecule has 432 valence electrons. The van der Waals surface area contributed by atoms with Gasteiger partial charge in [0.2, 0.25) is 0 Å². The number of hydrogen-bond acceptors (Lipinski definition) is 12. The van der Waals surface area contributed by atoms with Crippen LogP contribution >= 0.6 is 0 Å². The lowest BCUT2D eigenvalue weighted by Gasteiger charge is -2.27. The number of ether oxygens (including phenoxy) is 4. The molecule has 4 aromatic carbocycles. The van der Waals surface area contributed by atoms with Crippen molar-refractivity contribution >= 4 is 23.1 Å². The van der Waals surface area contributed by atoms with E-state index < -0.39 is 0 Å². The molecule has 9 aromatic rings. The first-order valence-electron chi connectivity index (χ1n) is 26.1. The zero-order chi connectivity index (χ0) is 53.8. The number of hydrogen-bond donors (Lipinski definition) is 0. The number of aromatic nitrogens is 9. The normalized spacial score (nSPS) is 13.7. The highest BCUT2D eigenvalue weighted by molar-refractivity contribution is 5.95. The van der Waals surface area contributed by atoms with Gasteiger partial charge in [-0.1, -0.05) is 103 Å². The van der Waals surface area contributed by atoms with Crippen LogP contribution in [0.2, 0.25) is 0 Å². The van der Waals surface area contributed by atoms with Crippen LogP contribution in [0.4, 0.5) is 0 Å². The highest BCUT2D eigenvalue weighted by Gasteiger charge is 2.32. The van der Waals surface area contributed by atoms with Gasteiger partial charge in [0.25, 0.3) is 17.4 Å².